The number of ether oxygens (including phenoxy) is 2. The highest BCUT2D eigenvalue weighted by atomic mass is 16.6. The van der Waals surface area contributed by atoms with E-state index in [0.29, 0.717) is 5.65 Å². The van der Waals surface area contributed by atoms with Crippen molar-refractivity contribution in [1.29, 1.82) is 5.26 Å². The van der Waals surface area contributed by atoms with Crippen LogP contribution in [0.15, 0.2) is 42.7 Å². The fourth-order valence-corrected chi connectivity index (χ4v) is 3.21. The second-order valence-electron chi connectivity index (χ2n) is 9.92. The largest absolute Gasteiger partial charge is 0.458 e. The van der Waals surface area contributed by atoms with Gasteiger partial charge in [0.05, 0.1) is 0 Å². The average molecular weight is 464 g/mol. The van der Waals surface area contributed by atoms with Gasteiger partial charge in [0.2, 0.25) is 0 Å². The van der Waals surface area contributed by atoms with Gasteiger partial charge < -0.3 is 14.8 Å². The van der Waals surface area contributed by atoms with E-state index in [-0.39, 0.29) is 12.1 Å². The zero-order valence-electron chi connectivity index (χ0n) is 20.2. The molecule has 178 valence electrons. The van der Waals surface area contributed by atoms with Gasteiger partial charge in [-0.2, -0.15) is 10.4 Å². The van der Waals surface area contributed by atoms with E-state index in [4.69, 9.17) is 14.7 Å². The van der Waals surface area contributed by atoms with E-state index in [9.17, 15) is 9.59 Å². The summed E-state index contributed by atoms with van der Waals surface area (Å²) in [7, 11) is 0. The molecule has 1 amide bonds. The molecule has 0 saturated heterocycles. The van der Waals surface area contributed by atoms with Crippen LogP contribution in [0.3, 0.4) is 0 Å². The van der Waals surface area contributed by atoms with Crippen molar-refractivity contribution in [2.75, 3.05) is 0 Å². The molecule has 0 aliphatic rings. The molecular weight excluding hydrogens is 434 g/mol. The molecule has 34 heavy (non-hydrogen) atoms. The molecule has 1 aromatic carbocycles. The fourth-order valence-electron chi connectivity index (χ4n) is 3.21. The highest BCUT2D eigenvalue weighted by Gasteiger charge is 2.29. The molecule has 3 aromatic rings. The molecule has 0 fully saturated rings. The molecule has 3 rings (SSSR count). The summed E-state index contributed by atoms with van der Waals surface area (Å²) in [5.41, 5.74) is 1.89. The Hall–Kier alpha value is -3.93. The van der Waals surface area contributed by atoms with Crippen LogP contribution >= 0.6 is 0 Å². The van der Waals surface area contributed by atoms with Gasteiger partial charge in [-0.25, -0.2) is 19.1 Å². The summed E-state index contributed by atoms with van der Waals surface area (Å²) in [6.07, 6.45) is 2.99. The lowest BCUT2D eigenvalue weighted by molar-refractivity contribution is -0.157. The first kappa shape index (κ1) is 24.7. The zero-order valence-corrected chi connectivity index (χ0v) is 20.2. The minimum atomic E-state index is -0.936. The summed E-state index contributed by atoms with van der Waals surface area (Å²) in [6.45, 7) is 10.6. The van der Waals surface area contributed by atoms with Crippen molar-refractivity contribution in [3.8, 4) is 17.2 Å². The number of nitriles is 1. The van der Waals surface area contributed by atoms with Crippen molar-refractivity contribution in [3.63, 3.8) is 0 Å². The van der Waals surface area contributed by atoms with Crippen LogP contribution < -0.4 is 5.32 Å². The van der Waals surface area contributed by atoms with Crippen LogP contribution in [0.1, 0.15) is 52.8 Å². The molecule has 1 atom stereocenters. The monoisotopic (exact) mass is 463 g/mol. The van der Waals surface area contributed by atoms with Gasteiger partial charge in [0.15, 0.2) is 11.3 Å². The highest BCUT2D eigenvalue weighted by Crippen LogP contribution is 2.22. The maximum atomic E-state index is 12.9. The summed E-state index contributed by atoms with van der Waals surface area (Å²) in [6, 6.07) is 10.2. The van der Waals surface area contributed by atoms with E-state index >= 15 is 0 Å². The van der Waals surface area contributed by atoms with Gasteiger partial charge in [0.25, 0.3) is 0 Å². The van der Waals surface area contributed by atoms with Crippen molar-refractivity contribution in [1.82, 2.24) is 19.9 Å². The van der Waals surface area contributed by atoms with Gasteiger partial charge in [0.1, 0.15) is 23.3 Å². The number of benzene rings is 1. The number of esters is 1. The minimum Gasteiger partial charge on any atom is -0.458 e. The van der Waals surface area contributed by atoms with Crippen molar-refractivity contribution >= 4 is 17.7 Å². The van der Waals surface area contributed by atoms with Crippen molar-refractivity contribution < 1.29 is 19.1 Å². The quantitative estimate of drug-likeness (QED) is 0.567. The Morgan fingerprint density at radius 1 is 1.09 bits per heavy atom. The molecule has 2 heterocycles. The summed E-state index contributed by atoms with van der Waals surface area (Å²) in [5.74, 6) is -0.549. The summed E-state index contributed by atoms with van der Waals surface area (Å²) >= 11 is 0. The second-order valence-corrected chi connectivity index (χ2v) is 9.92. The highest BCUT2D eigenvalue weighted by molar-refractivity contribution is 5.82. The maximum Gasteiger partial charge on any atom is 0.408 e. The predicted molar refractivity (Wildman–Crippen MR) is 126 cm³/mol. The standard InChI is InChI=1S/C25H29N5O4/c1-24(2,3)33-22(31)20(28-23(32)34-25(4,5)6)11-16-8-7-9-17(10-16)18-14-27-21-12-19(13-26)29-30(21)15-18/h7-10,12,14-15,20H,11H2,1-6H3,(H,28,32)/t20-/m0/s1. The van der Waals surface area contributed by atoms with E-state index in [0.717, 1.165) is 16.7 Å². The summed E-state index contributed by atoms with van der Waals surface area (Å²) < 4.78 is 12.4. The number of hydrogen-bond acceptors (Lipinski definition) is 7. The van der Waals surface area contributed by atoms with Crippen molar-refractivity contribution in [2.24, 2.45) is 0 Å². The number of carbonyl (C=O) groups is 2. The Morgan fingerprint density at radius 2 is 1.79 bits per heavy atom. The van der Waals surface area contributed by atoms with Gasteiger partial charge in [-0.1, -0.05) is 24.3 Å². The lowest BCUT2D eigenvalue weighted by Crippen LogP contribution is -2.47. The third-order valence-corrected chi connectivity index (χ3v) is 4.51. The molecule has 2 aromatic heterocycles. The number of aromatic nitrogens is 3. The molecule has 9 heteroatoms. The first-order valence-corrected chi connectivity index (χ1v) is 10.9. The van der Waals surface area contributed by atoms with Crippen LogP contribution in [0.4, 0.5) is 4.79 Å². The summed E-state index contributed by atoms with van der Waals surface area (Å²) in [4.78, 5) is 29.6. The van der Waals surface area contributed by atoms with E-state index in [1.54, 1.807) is 64.5 Å². The first-order chi connectivity index (χ1) is 15.8. The number of alkyl carbamates (subject to hydrolysis) is 1. The van der Waals surface area contributed by atoms with E-state index < -0.39 is 29.3 Å². The maximum absolute atomic E-state index is 12.9. The molecule has 1 N–H and O–H groups in total. The Balaban J connectivity index is 1.86. The summed E-state index contributed by atoms with van der Waals surface area (Å²) in [5, 5.41) is 15.9. The Bertz CT molecular complexity index is 1240. The second kappa shape index (κ2) is 9.51. The van der Waals surface area contributed by atoms with E-state index in [1.165, 1.54) is 0 Å². The molecule has 0 bridgehead atoms. The molecule has 9 nitrogen and oxygen atoms in total. The molecule has 0 unspecified atom stereocenters. The fraction of sp³-hybridized carbons (Fsp3) is 0.400. The number of amides is 1. The third kappa shape index (κ3) is 6.78. The number of rotatable bonds is 5. The molecule has 0 aliphatic carbocycles. The van der Waals surface area contributed by atoms with Crippen LogP contribution in [-0.2, 0) is 20.7 Å². The number of nitrogens with zero attached hydrogens (tertiary/aromatic N) is 4. The van der Waals surface area contributed by atoms with Crippen molar-refractivity contribution in [2.45, 2.75) is 65.2 Å². The lowest BCUT2D eigenvalue weighted by Gasteiger charge is -2.26. The Kier molecular flexibility index (Phi) is 6.91. The topological polar surface area (TPSA) is 119 Å². The number of fused-ring (bicyclic) bond motifs is 1. The van der Waals surface area contributed by atoms with Crippen LogP contribution in [0.5, 0.6) is 0 Å². The third-order valence-electron chi connectivity index (χ3n) is 4.51. The molecule has 0 spiro atoms. The van der Waals surface area contributed by atoms with Gasteiger partial charge in [-0.15, -0.1) is 0 Å². The van der Waals surface area contributed by atoms with E-state index in [2.05, 4.69) is 15.4 Å². The van der Waals surface area contributed by atoms with Crippen LogP contribution in [0, 0.1) is 11.3 Å². The van der Waals surface area contributed by atoms with Crippen LogP contribution in [0.25, 0.3) is 16.8 Å². The normalized spacial score (nSPS) is 12.6. The Labute approximate surface area is 198 Å². The van der Waals surface area contributed by atoms with Gasteiger partial charge in [0, 0.05) is 30.4 Å². The number of nitrogens with one attached hydrogen (secondary N) is 1. The van der Waals surface area contributed by atoms with Crippen LogP contribution in [-0.4, -0.2) is 43.9 Å². The molecule has 0 aliphatic heterocycles. The number of hydrogen-bond donors (Lipinski definition) is 1. The Morgan fingerprint density at radius 3 is 2.44 bits per heavy atom. The predicted octanol–water partition coefficient (Wildman–Crippen LogP) is 4.05. The van der Waals surface area contributed by atoms with E-state index in [1.807, 2.05) is 30.3 Å². The van der Waals surface area contributed by atoms with Crippen LogP contribution in [0.2, 0.25) is 0 Å². The van der Waals surface area contributed by atoms with Gasteiger partial charge in [-0.3, -0.25) is 0 Å². The van der Waals surface area contributed by atoms with Gasteiger partial charge >= 0.3 is 12.1 Å². The first-order valence-electron chi connectivity index (χ1n) is 10.9. The van der Waals surface area contributed by atoms with Crippen molar-refractivity contribution in [3.05, 3.63) is 54.0 Å². The molecular formula is C25H29N5O4. The van der Waals surface area contributed by atoms with Gasteiger partial charge in [-0.05, 0) is 52.7 Å². The number of carbonyl (C=O) groups excluding carboxylic acids is 2. The lowest BCUT2D eigenvalue weighted by atomic mass is 10.0. The SMILES string of the molecule is CC(C)(C)OC(=O)N[C@@H](Cc1cccc(-c2cnc3cc(C#N)nn3c2)c1)C(=O)OC(C)(C)C. The smallest absolute Gasteiger partial charge is 0.408 e. The molecule has 0 saturated carbocycles. The minimum absolute atomic E-state index is 0.206. The molecule has 0 radical (unpaired) electrons. The average Bonchev–Trinajstić information content (AvgIpc) is 3.13. The zero-order chi connectivity index (χ0) is 25.1.